The summed E-state index contributed by atoms with van der Waals surface area (Å²) in [5, 5.41) is 10.0. The first-order valence-electron chi connectivity index (χ1n) is 6.88. The molecule has 0 radical (unpaired) electrons. The second-order valence-electron chi connectivity index (χ2n) is 4.97. The van der Waals surface area contributed by atoms with Crippen molar-refractivity contribution in [1.82, 2.24) is 4.57 Å². The first kappa shape index (κ1) is 13.9. The molecule has 0 fully saturated rings. The van der Waals surface area contributed by atoms with Crippen molar-refractivity contribution in [3.63, 3.8) is 0 Å². The number of rotatable bonds is 3. The third-order valence-electron chi connectivity index (χ3n) is 3.62. The number of nitrogens with zero attached hydrogens (tertiary/aromatic N) is 2. The van der Waals surface area contributed by atoms with Gasteiger partial charge in [-0.25, -0.2) is 0 Å². The number of ether oxygens (including phenoxy) is 1. The average molecular weight is 290 g/mol. The normalized spacial score (nSPS) is 10.4. The molecule has 1 aromatic heterocycles. The Morgan fingerprint density at radius 1 is 1.14 bits per heavy atom. The number of fused-ring (bicyclic) bond motifs is 1. The lowest BCUT2D eigenvalue weighted by Crippen LogP contribution is -2.23. The largest absolute Gasteiger partial charge is 0.497 e. The first-order chi connectivity index (χ1) is 10.7. The van der Waals surface area contributed by atoms with E-state index in [1.54, 1.807) is 17.7 Å². The van der Waals surface area contributed by atoms with E-state index in [1.165, 1.54) is 0 Å². The molecule has 1 heterocycles. The zero-order valence-corrected chi connectivity index (χ0v) is 12.1. The van der Waals surface area contributed by atoms with Crippen molar-refractivity contribution in [2.24, 2.45) is 0 Å². The first-order valence-corrected chi connectivity index (χ1v) is 6.88. The van der Waals surface area contributed by atoms with Gasteiger partial charge in [-0.15, -0.1) is 0 Å². The van der Waals surface area contributed by atoms with Gasteiger partial charge in [0.2, 0.25) is 0 Å². The predicted molar refractivity (Wildman–Crippen MR) is 85.0 cm³/mol. The van der Waals surface area contributed by atoms with Gasteiger partial charge in [0.1, 0.15) is 17.4 Å². The summed E-state index contributed by atoms with van der Waals surface area (Å²) in [6, 6.07) is 18.7. The monoisotopic (exact) mass is 290 g/mol. The van der Waals surface area contributed by atoms with Crippen LogP contribution in [-0.2, 0) is 6.54 Å². The highest BCUT2D eigenvalue weighted by atomic mass is 16.5. The van der Waals surface area contributed by atoms with Gasteiger partial charge in [-0.1, -0.05) is 30.3 Å². The van der Waals surface area contributed by atoms with E-state index >= 15 is 0 Å². The van der Waals surface area contributed by atoms with Crippen LogP contribution in [0, 0.1) is 11.3 Å². The minimum absolute atomic E-state index is 0.159. The molecule has 0 aliphatic rings. The number of hydrogen-bond donors (Lipinski definition) is 0. The molecular formula is C18H14N2O2. The SMILES string of the molecule is COc1ccc(Cn2c(=O)c(C#N)cc3ccccc32)cc1. The van der Waals surface area contributed by atoms with Crippen molar-refractivity contribution in [3.8, 4) is 11.8 Å². The van der Waals surface area contributed by atoms with E-state index < -0.39 is 0 Å². The molecule has 0 saturated heterocycles. The Balaban J connectivity index is 2.14. The Labute approximate surface area is 127 Å². The van der Waals surface area contributed by atoms with Gasteiger partial charge in [0.25, 0.3) is 5.56 Å². The Morgan fingerprint density at radius 2 is 1.86 bits per heavy atom. The second kappa shape index (κ2) is 5.74. The Morgan fingerprint density at radius 3 is 2.55 bits per heavy atom. The predicted octanol–water partition coefficient (Wildman–Crippen LogP) is 2.93. The highest BCUT2D eigenvalue weighted by Crippen LogP contribution is 2.16. The average Bonchev–Trinajstić information content (AvgIpc) is 2.57. The van der Waals surface area contributed by atoms with Gasteiger partial charge in [-0.05, 0) is 35.2 Å². The summed E-state index contributed by atoms with van der Waals surface area (Å²) >= 11 is 0. The number of para-hydroxylation sites is 1. The van der Waals surface area contributed by atoms with Crippen LogP contribution >= 0.6 is 0 Å². The summed E-state index contributed by atoms with van der Waals surface area (Å²) in [5.74, 6) is 0.770. The number of pyridine rings is 1. The summed E-state index contributed by atoms with van der Waals surface area (Å²) in [4.78, 5) is 12.5. The van der Waals surface area contributed by atoms with Gasteiger partial charge in [0, 0.05) is 0 Å². The summed E-state index contributed by atoms with van der Waals surface area (Å²) in [6.45, 7) is 0.416. The highest BCUT2D eigenvalue weighted by Gasteiger charge is 2.09. The molecule has 0 aliphatic heterocycles. The molecule has 4 heteroatoms. The molecule has 0 spiro atoms. The van der Waals surface area contributed by atoms with Crippen LogP contribution in [-0.4, -0.2) is 11.7 Å². The number of hydrogen-bond acceptors (Lipinski definition) is 3. The molecule has 0 amide bonds. The van der Waals surface area contributed by atoms with Crippen LogP contribution in [0.5, 0.6) is 5.75 Å². The zero-order chi connectivity index (χ0) is 15.5. The van der Waals surface area contributed by atoms with Crippen molar-refractivity contribution in [2.75, 3.05) is 7.11 Å². The van der Waals surface area contributed by atoms with Crippen molar-refractivity contribution in [2.45, 2.75) is 6.54 Å². The van der Waals surface area contributed by atoms with Crippen LogP contribution in [0.3, 0.4) is 0 Å². The number of aromatic nitrogens is 1. The minimum Gasteiger partial charge on any atom is -0.497 e. The Kier molecular flexibility index (Phi) is 3.63. The standard InChI is InChI=1S/C18H14N2O2/c1-22-16-8-6-13(7-9-16)12-20-17-5-3-2-4-14(17)10-15(11-19)18(20)21/h2-10H,12H2,1H3. The van der Waals surface area contributed by atoms with Gasteiger partial charge >= 0.3 is 0 Å². The van der Waals surface area contributed by atoms with Crippen LogP contribution in [0.2, 0.25) is 0 Å². The molecule has 0 atom stereocenters. The molecule has 22 heavy (non-hydrogen) atoms. The van der Waals surface area contributed by atoms with E-state index in [0.717, 1.165) is 22.2 Å². The van der Waals surface area contributed by atoms with Gasteiger partial charge < -0.3 is 9.30 Å². The minimum atomic E-state index is -0.267. The molecule has 0 aliphatic carbocycles. The lowest BCUT2D eigenvalue weighted by Gasteiger charge is -2.11. The highest BCUT2D eigenvalue weighted by molar-refractivity contribution is 5.80. The van der Waals surface area contributed by atoms with E-state index in [0.29, 0.717) is 6.54 Å². The van der Waals surface area contributed by atoms with Gasteiger partial charge in [-0.3, -0.25) is 4.79 Å². The van der Waals surface area contributed by atoms with E-state index in [9.17, 15) is 4.79 Å². The smallest absolute Gasteiger partial charge is 0.269 e. The van der Waals surface area contributed by atoms with Crippen LogP contribution in [0.25, 0.3) is 10.9 Å². The summed E-state index contributed by atoms with van der Waals surface area (Å²) < 4.78 is 6.77. The van der Waals surface area contributed by atoms with Crippen molar-refractivity contribution < 1.29 is 4.74 Å². The fraction of sp³-hybridized carbons (Fsp3) is 0.111. The molecule has 4 nitrogen and oxygen atoms in total. The molecule has 2 aromatic carbocycles. The van der Waals surface area contributed by atoms with Gasteiger partial charge in [-0.2, -0.15) is 5.26 Å². The lowest BCUT2D eigenvalue weighted by atomic mass is 10.1. The summed E-state index contributed by atoms with van der Waals surface area (Å²) in [6.07, 6.45) is 0. The maximum Gasteiger partial charge on any atom is 0.269 e. The van der Waals surface area contributed by atoms with Crippen molar-refractivity contribution in [3.05, 3.63) is 76.1 Å². The third-order valence-corrected chi connectivity index (χ3v) is 3.62. The topological polar surface area (TPSA) is 55.0 Å². The van der Waals surface area contributed by atoms with Crippen LogP contribution < -0.4 is 10.3 Å². The van der Waals surface area contributed by atoms with E-state index in [4.69, 9.17) is 10.00 Å². The van der Waals surface area contributed by atoms with E-state index in [2.05, 4.69) is 0 Å². The third kappa shape index (κ3) is 2.45. The van der Waals surface area contributed by atoms with E-state index in [1.807, 2.05) is 54.6 Å². The number of nitriles is 1. The van der Waals surface area contributed by atoms with Crippen LogP contribution in [0.15, 0.2) is 59.4 Å². The van der Waals surface area contributed by atoms with E-state index in [-0.39, 0.29) is 11.1 Å². The summed E-state index contributed by atoms with van der Waals surface area (Å²) in [7, 11) is 1.61. The second-order valence-corrected chi connectivity index (χ2v) is 4.97. The molecule has 3 aromatic rings. The maximum atomic E-state index is 12.5. The quantitative estimate of drug-likeness (QED) is 0.745. The molecule has 0 bridgehead atoms. The lowest BCUT2D eigenvalue weighted by molar-refractivity contribution is 0.414. The molecule has 3 rings (SSSR count). The molecule has 0 N–H and O–H groups in total. The van der Waals surface area contributed by atoms with Gasteiger partial charge in [0.15, 0.2) is 0 Å². The molecule has 0 saturated carbocycles. The maximum absolute atomic E-state index is 12.5. The summed E-state index contributed by atoms with van der Waals surface area (Å²) in [5.41, 5.74) is 1.69. The zero-order valence-electron chi connectivity index (χ0n) is 12.1. The molecule has 0 unspecified atom stereocenters. The Hall–Kier alpha value is -3.06. The fourth-order valence-corrected chi connectivity index (χ4v) is 2.48. The van der Waals surface area contributed by atoms with Crippen molar-refractivity contribution >= 4 is 10.9 Å². The van der Waals surface area contributed by atoms with Gasteiger partial charge in [0.05, 0.1) is 19.2 Å². The molecular weight excluding hydrogens is 276 g/mol. The van der Waals surface area contributed by atoms with Crippen LogP contribution in [0.4, 0.5) is 0 Å². The Bertz CT molecular complexity index is 918. The number of methoxy groups -OCH3 is 1. The fourth-order valence-electron chi connectivity index (χ4n) is 2.48. The number of benzene rings is 2. The van der Waals surface area contributed by atoms with Crippen LogP contribution in [0.1, 0.15) is 11.1 Å². The van der Waals surface area contributed by atoms with Crippen molar-refractivity contribution in [1.29, 1.82) is 5.26 Å². The molecule has 108 valence electrons.